The molecule has 0 radical (unpaired) electrons. The minimum absolute atomic E-state index is 0.282. The van der Waals surface area contributed by atoms with E-state index in [2.05, 4.69) is 36.1 Å². The van der Waals surface area contributed by atoms with Gasteiger partial charge in [-0.25, -0.2) is 15.0 Å². The van der Waals surface area contributed by atoms with E-state index in [4.69, 9.17) is 5.26 Å². The summed E-state index contributed by atoms with van der Waals surface area (Å²) in [5.74, 6) is 1.35. The first-order valence-electron chi connectivity index (χ1n) is 9.27. The molecule has 29 heavy (non-hydrogen) atoms. The van der Waals surface area contributed by atoms with E-state index in [1.807, 2.05) is 18.2 Å². The van der Waals surface area contributed by atoms with Crippen LogP contribution in [0.2, 0.25) is 0 Å². The average molecular weight is 385 g/mol. The lowest BCUT2D eigenvalue weighted by molar-refractivity contribution is 0.102. The summed E-state index contributed by atoms with van der Waals surface area (Å²) in [5.41, 5.74) is 1.32. The van der Waals surface area contributed by atoms with Crippen LogP contribution in [0.1, 0.15) is 16.1 Å². The molecule has 1 aromatic carbocycles. The van der Waals surface area contributed by atoms with Crippen molar-refractivity contribution in [2.45, 2.75) is 0 Å². The van der Waals surface area contributed by atoms with Crippen molar-refractivity contribution in [2.75, 3.05) is 41.3 Å². The second-order valence-electron chi connectivity index (χ2n) is 6.57. The number of nitrogens with one attached hydrogen (secondary N) is 1. The maximum atomic E-state index is 12.6. The van der Waals surface area contributed by atoms with Crippen LogP contribution in [0, 0.1) is 11.3 Å². The highest BCUT2D eigenvalue weighted by atomic mass is 16.1. The molecule has 1 N–H and O–H groups in total. The lowest BCUT2D eigenvalue weighted by Crippen LogP contribution is -2.47. The predicted molar refractivity (Wildman–Crippen MR) is 110 cm³/mol. The maximum Gasteiger partial charge on any atom is 0.274 e. The molecule has 0 saturated carbocycles. The number of nitriles is 1. The molecule has 1 fully saturated rings. The molecular formula is C21H19N7O. The van der Waals surface area contributed by atoms with Gasteiger partial charge in [0, 0.05) is 44.1 Å². The van der Waals surface area contributed by atoms with Crippen LogP contribution in [0.15, 0.2) is 61.1 Å². The van der Waals surface area contributed by atoms with Crippen LogP contribution in [0.5, 0.6) is 0 Å². The molecule has 0 atom stereocenters. The normalized spacial score (nSPS) is 13.6. The molecule has 144 valence electrons. The third-order valence-corrected chi connectivity index (χ3v) is 4.71. The standard InChI is InChI=1S/C21H19N7O/c22-14-16-4-3-5-17(12-16)26-21(29)18-13-20(25-15-24-18)28-10-8-27(9-11-28)19-6-1-2-7-23-19/h1-7,12-13,15H,8-11H2,(H,26,29). The van der Waals surface area contributed by atoms with Crippen LogP contribution in [0.4, 0.5) is 17.3 Å². The third-order valence-electron chi connectivity index (χ3n) is 4.71. The Morgan fingerprint density at radius 1 is 0.931 bits per heavy atom. The van der Waals surface area contributed by atoms with E-state index < -0.39 is 0 Å². The Balaban J connectivity index is 1.42. The van der Waals surface area contributed by atoms with E-state index in [-0.39, 0.29) is 11.6 Å². The highest BCUT2D eigenvalue weighted by molar-refractivity contribution is 6.03. The minimum atomic E-state index is -0.337. The summed E-state index contributed by atoms with van der Waals surface area (Å²) in [5, 5.41) is 11.8. The first-order chi connectivity index (χ1) is 14.2. The van der Waals surface area contributed by atoms with Gasteiger partial charge < -0.3 is 15.1 Å². The zero-order valence-corrected chi connectivity index (χ0v) is 15.7. The zero-order chi connectivity index (χ0) is 20.1. The fourth-order valence-corrected chi connectivity index (χ4v) is 3.21. The number of piperazine rings is 1. The van der Waals surface area contributed by atoms with Gasteiger partial charge in [-0.1, -0.05) is 12.1 Å². The summed E-state index contributed by atoms with van der Waals surface area (Å²) in [7, 11) is 0. The molecule has 1 amide bonds. The number of benzene rings is 1. The summed E-state index contributed by atoms with van der Waals surface area (Å²) >= 11 is 0. The van der Waals surface area contributed by atoms with Gasteiger partial charge in [0.05, 0.1) is 11.6 Å². The molecule has 8 nitrogen and oxygen atoms in total. The fourth-order valence-electron chi connectivity index (χ4n) is 3.21. The Morgan fingerprint density at radius 3 is 2.45 bits per heavy atom. The van der Waals surface area contributed by atoms with E-state index in [9.17, 15) is 4.79 Å². The van der Waals surface area contributed by atoms with Crippen LogP contribution in [-0.4, -0.2) is 47.0 Å². The van der Waals surface area contributed by atoms with Crippen molar-refractivity contribution in [1.29, 1.82) is 5.26 Å². The number of aromatic nitrogens is 3. The van der Waals surface area contributed by atoms with Crippen molar-refractivity contribution in [3.63, 3.8) is 0 Å². The number of hydrogen-bond acceptors (Lipinski definition) is 7. The van der Waals surface area contributed by atoms with Gasteiger partial charge in [-0.05, 0) is 30.3 Å². The fraction of sp³-hybridized carbons (Fsp3) is 0.190. The highest BCUT2D eigenvalue weighted by Crippen LogP contribution is 2.18. The molecule has 0 spiro atoms. The third kappa shape index (κ3) is 4.30. The smallest absolute Gasteiger partial charge is 0.274 e. The summed E-state index contributed by atoms with van der Waals surface area (Å²) in [6.07, 6.45) is 3.20. The zero-order valence-electron chi connectivity index (χ0n) is 15.7. The monoisotopic (exact) mass is 385 g/mol. The van der Waals surface area contributed by atoms with Gasteiger partial charge in [-0.2, -0.15) is 5.26 Å². The quantitative estimate of drug-likeness (QED) is 0.736. The number of pyridine rings is 1. The predicted octanol–water partition coefficient (Wildman–Crippen LogP) is 2.32. The number of nitrogens with zero attached hydrogens (tertiary/aromatic N) is 6. The first kappa shape index (κ1) is 18.4. The topological polar surface area (TPSA) is 98.0 Å². The van der Waals surface area contributed by atoms with Crippen LogP contribution in [-0.2, 0) is 0 Å². The SMILES string of the molecule is N#Cc1cccc(NC(=O)c2cc(N3CCN(c4ccccn4)CC3)ncn2)c1. The van der Waals surface area contributed by atoms with Gasteiger partial charge in [0.1, 0.15) is 23.7 Å². The van der Waals surface area contributed by atoms with Crippen LogP contribution < -0.4 is 15.1 Å². The van der Waals surface area contributed by atoms with E-state index in [0.717, 1.165) is 37.8 Å². The van der Waals surface area contributed by atoms with Crippen LogP contribution in [0.25, 0.3) is 0 Å². The molecule has 8 heteroatoms. The Kier molecular flexibility index (Phi) is 5.29. The van der Waals surface area contributed by atoms with Gasteiger partial charge >= 0.3 is 0 Å². The molecule has 1 aliphatic heterocycles. The van der Waals surface area contributed by atoms with E-state index in [1.165, 1.54) is 6.33 Å². The second kappa shape index (κ2) is 8.35. The van der Waals surface area contributed by atoms with E-state index in [1.54, 1.807) is 36.5 Å². The Hall–Kier alpha value is -3.99. The van der Waals surface area contributed by atoms with Crippen LogP contribution in [0.3, 0.4) is 0 Å². The van der Waals surface area contributed by atoms with Crippen molar-refractivity contribution in [2.24, 2.45) is 0 Å². The Bertz CT molecular complexity index is 1040. The Morgan fingerprint density at radius 2 is 1.72 bits per heavy atom. The summed E-state index contributed by atoms with van der Waals surface area (Å²) in [4.78, 5) is 29.8. The van der Waals surface area contributed by atoms with Crippen LogP contribution >= 0.6 is 0 Å². The number of anilines is 3. The number of carbonyl (C=O) groups excluding carboxylic acids is 1. The molecule has 3 heterocycles. The number of amides is 1. The minimum Gasteiger partial charge on any atom is -0.353 e. The number of rotatable bonds is 4. The summed E-state index contributed by atoms with van der Waals surface area (Å²) < 4.78 is 0. The van der Waals surface area contributed by atoms with Gasteiger partial charge in [0.25, 0.3) is 5.91 Å². The van der Waals surface area contributed by atoms with Crippen molar-refractivity contribution in [3.05, 3.63) is 72.3 Å². The molecule has 1 saturated heterocycles. The molecule has 4 rings (SSSR count). The van der Waals surface area contributed by atoms with Crippen molar-refractivity contribution in [3.8, 4) is 6.07 Å². The molecule has 2 aromatic heterocycles. The van der Waals surface area contributed by atoms with Gasteiger partial charge in [0.15, 0.2) is 0 Å². The summed E-state index contributed by atoms with van der Waals surface area (Å²) in [6, 6.07) is 16.4. The first-order valence-corrected chi connectivity index (χ1v) is 9.27. The van der Waals surface area contributed by atoms with Gasteiger partial charge in [-0.3, -0.25) is 4.79 Å². The number of carbonyl (C=O) groups is 1. The lowest BCUT2D eigenvalue weighted by atomic mass is 10.2. The van der Waals surface area contributed by atoms with Crippen molar-refractivity contribution >= 4 is 23.2 Å². The lowest BCUT2D eigenvalue weighted by Gasteiger charge is -2.36. The average Bonchev–Trinajstić information content (AvgIpc) is 2.80. The van der Waals surface area contributed by atoms with Gasteiger partial charge in [-0.15, -0.1) is 0 Å². The molecule has 0 aliphatic carbocycles. The second-order valence-corrected chi connectivity index (χ2v) is 6.57. The molecular weight excluding hydrogens is 366 g/mol. The van der Waals surface area contributed by atoms with E-state index >= 15 is 0 Å². The van der Waals surface area contributed by atoms with Crippen molar-refractivity contribution in [1.82, 2.24) is 15.0 Å². The summed E-state index contributed by atoms with van der Waals surface area (Å²) in [6.45, 7) is 3.20. The molecule has 1 aliphatic rings. The Labute approximate surface area is 168 Å². The highest BCUT2D eigenvalue weighted by Gasteiger charge is 2.20. The van der Waals surface area contributed by atoms with E-state index in [0.29, 0.717) is 11.3 Å². The largest absolute Gasteiger partial charge is 0.353 e. The maximum absolute atomic E-state index is 12.6. The number of hydrogen-bond donors (Lipinski definition) is 1. The molecule has 0 bridgehead atoms. The van der Waals surface area contributed by atoms with Gasteiger partial charge in [0.2, 0.25) is 0 Å². The molecule has 0 unspecified atom stereocenters. The molecule has 3 aromatic rings. The van der Waals surface area contributed by atoms with Crippen molar-refractivity contribution < 1.29 is 4.79 Å².